The number of benzene rings is 1. The molecule has 0 aliphatic heterocycles. The predicted molar refractivity (Wildman–Crippen MR) is 109 cm³/mol. The molecule has 0 bridgehead atoms. The molecular weight excluding hydrogens is 404 g/mol. The Bertz CT molecular complexity index is 905. The minimum absolute atomic E-state index is 0.0216. The lowest BCUT2D eigenvalue weighted by atomic mass is 9.84. The van der Waals surface area contributed by atoms with Gasteiger partial charge >= 0.3 is 0 Å². The third-order valence-corrected chi connectivity index (χ3v) is 7.99. The van der Waals surface area contributed by atoms with Crippen molar-refractivity contribution in [3.63, 3.8) is 0 Å². The topological polar surface area (TPSA) is 75.3 Å². The van der Waals surface area contributed by atoms with E-state index in [1.54, 1.807) is 30.4 Å². The molecule has 3 rings (SSSR count). The van der Waals surface area contributed by atoms with Gasteiger partial charge in [-0.1, -0.05) is 36.6 Å². The van der Waals surface area contributed by atoms with Crippen LogP contribution in [0.4, 0.5) is 0 Å². The molecule has 1 saturated carbocycles. The summed E-state index contributed by atoms with van der Waals surface area (Å²) < 4.78 is 27.3. The molecule has 1 aromatic heterocycles. The minimum atomic E-state index is -3.80. The van der Waals surface area contributed by atoms with Gasteiger partial charge in [0.2, 0.25) is 15.9 Å². The minimum Gasteiger partial charge on any atom is -0.354 e. The van der Waals surface area contributed by atoms with E-state index in [2.05, 4.69) is 21.5 Å². The number of aryl methyl sites for hydroxylation is 1. The fourth-order valence-electron chi connectivity index (χ4n) is 3.57. The fourth-order valence-corrected chi connectivity index (χ4v) is 6.05. The third-order valence-electron chi connectivity index (χ3n) is 5.09. The first-order valence-corrected chi connectivity index (χ1v) is 11.6. The van der Waals surface area contributed by atoms with Gasteiger partial charge in [0.15, 0.2) is 0 Å². The van der Waals surface area contributed by atoms with Crippen LogP contribution in [0.5, 0.6) is 0 Å². The molecule has 27 heavy (non-hydrogen) atoms. The van der Waals surface area contributed by atoms with Crippen molar-refractivity contribution >= 4 is 38.9 Å². The first kappa shape index (κ1) is 20.3. The number of rotatable bonds is 7. The number of halogens is 1. The molecule has 1 fully saturated rings. The van der Waals surface area contributed by atoms with Gasteiger partial charge in [-0.05, 0) is 48.9 Å². The zero-order chi connectivity index (χ0) is 19.5. The van der Waals surface area contributed by atoms with Gasteiger partial charge in [-0.15, -0.1) is 11.3 Å². The highest BCUT2D eigenvalue weighted by molar-refractivity contribution is 7.89. The van der Waals surface area contributed by atoms with Crippen molar-refractivity contribution in [1.82, 2.24) is 10.0 Å². The molecule has 1 amide bonds. The van der Waals surface area contributed by atoms with Crippen molar-refractivity contribution in [2.75, 3.05) is 13.1 Å². The van der Waals surface area contributed by atoms with Crippen LogP contribution in [0.15, 0.2) is 40.6 Å². The molecular formula is C19H23ClN2O3S2. The van der Waals surface area contributed by atoms with Crippen LogP contribution in [0.3, 0.4) is 0 Å². The summed E-state index contributed by atoms with van der Waals surface area (Å²) in [6, 6.07) is 8.81. The molecule has 1 aromatic carbocycles. The van der Waals surface area contributed by atoms with Crippen LogP contribution in [-0.4, -0.2) is 27.4 Å². The van der Waals surface area contributed by atoms with Gasteiger partial charge in [0.25, 0.3) is 0 Å². The molecule has 0 spiro atoms. The summed E-state index contributed by atoms with van der Waals surface area (Å²) in [5, 5.41) is 5.31. The summed E-state index contributed by atoms with van der Waals surface area (Å²) in [6.07, 6.45) is 4.38. The van der Waals surface area contributed by atoms with Gasteiger partial charge in [-0.2, -0.15) is 0 Å². The molecule has 0 atom stereocenters. The average Bonchev–Trinajstić information content (AvgIpc) is 3.32. The van der Waals surface area contributed by atoms with Gasteiger partial charge in [0.1, 0.15) is 0 Å². The number of thiophene rings is 1. The largest absolute Gasteiger partial charge is 0.354 e. The van der Waals surface area contributed by atoms with Crippen LogP contribution in [0.25, 0.3) is 0 Å². The maximum Gasteiger partial charge on any atom is 0.241 e. The van der Waals surface area contributed by atoms with E-state index in [0.717, 1.165) is 25.7 Å². The summed E-state index contributed by atoms with van der Waals surface area (Å²) >= 11 is 7.61. The summed E-state index contributed by atoms with van der Waals surface area (Å²) in [6.45, 7) is 1.93. The number of nitrogens with one attached hydrogen (secondary N) is 2. The van der Waals surface area contributed by atoms with Crippen LogP contribution < -0.4 is 10.0 Å². The van der Waals surface area contributed by atoms with Crippen molar-refractivity contribution in [3.05, 3.63) is 51.2 Å². The highest BCUT2D eigenvalue weighted by Crippen LogP contribution is 2.42. The normalized spacial score (nSPS) is 16.4. The first-order valence-electron chi connectivity index (χ1n) is 8.89. The maximum absolute atomic E-state index is 12.5. The van der Waals surface area contributed by atoms with Gasteiger partial charge in [-0.3, -0.25) is 4.79 Å². The molecule has 1 aliphatic rings. The Balaban J connectivity index is 1.60. The highest BCUT2D eigenvalue weighted by Gasteiger charge is 2.36. The highest BCUT2D eigenvalue weighted by atomic mass is 35.5. The van der Waals surface area contributed by atoms with Crippen molar-refractivity contribution in [2.24, 2.45) is 0 Å². The SMILES string of the molecule is Cc1ccc(Cl)cc1S(=O)(=O)NCC(=O)NCC1(c2cccs2)CCCC1. The van der Waals surface area contributed by atoms with E-state index in [-0.39, 0.29) is 22.8 Å². The van der Waals surface area contributed by atoms with E-state index in [0.29, 0.717) is 17.1 Å². The zero-order valence-electron chi connectivity index (χ0n) is 15.1. The van der Waals surface area contributed by atoms with E-state index in [9.17, 15) is 13.2 Å². The Labute approximate surface area is 169 Å². The Morgan fingerprint density at radius 2 is 2.00 bits per heavy atom. The number of amides is 1. The number of hydrogen-bond donors (Lipinski definition) is 2. The van der Waals surface area contributed by atoms with E-state index in [4.69, 9.17) is 11.6 Å². The van der Waals surface area contributed by atoms with Gasteiger partial charge in [-0.25, -0.2) is 13.1 Å². The van der Waals surface area contributed by atoms with E-state index < -0.39 is 10.0 Å². The van der Waals surface area contributed by atoms with Crippen molar-refractivity contribution in [3.8, 4) is 0 Å². The van der Waals surface area contributed by atoms with E-state index in [1.807, 2.05) is 6.07 Å². The number of sulfonamides is 1. The zero-order valence-corrected chi connectivity index (χ0v) is 17.5. The van der Waals surface area contributed by atoms with E-state index >= 15 is 0 Å². The number of hydrogen-bond acceptors (Lipinski definition) is 4. The lowest BCUT2D eigenvalue weighted by Gasteiger charge is -2.28. The molecule has 0 radical (unpaired) electrons. The number of carbonyl (C=O) groups excluding carboxylic acids is 1. The van der Waals surface area contributed by atoms with Crippen molar-refractivity contribution < 1.29 is 13.2 Å². The van der Waals surface area contributed by atoms with E-state index in [1.165, 1.54) is 10.9 Å². The lowest BCUT2D eigenvalue weighted by Crippen LogP contribution is -2.43. The first-order chi connectivity index (χ1) is 12.8. The van der Waals surface area contributed by atoms with Crippen LogP contribution in [0.1, 0.15) is 36.1 Å². The Kier molecular flexibility index (Phi) is 6.25. The summed E-state index contributed by atoms with van der Waals surface area (Å²) in [5.74, 6) is -0.332. The second kappa shape index (κ2) is 8.31. The second-order valence-electron chi connectivity index (χ2n) is 6.98. The molecule has 0 saturated heterocycles. The second-order valence-corrected chi connectivity index (χ2v) is 10.1. The molecule has 8 heteroatoms. The Morgan fingerprint density at radius 1 is 1.26 bits per heavy atom. The maximum atomic E-state index is 12.5. The van der Waals surface area contributed by atoms with Gasteiger partial charge < -0.3 is 5.32 Å². The molecule has 1 heterocycles. The molecule has 2 N–H and O–H groups in total. The number of carbonyl (C=O) groups is 1. The predicted octanol–water partition coefficient (Wildman–Crippen LogP) is 3.62. The molecule has 0 unspecified atom stereocenters. The molecule has 1 aliphatic carbocycles. The molecule has 2 aromatic rings. The van der Waals surface area contributed by atoms with Crippen LogP contribution in [0.2, 0.25) is 5.02 Å². The van der Waals surface area contributed by atoms with Crippen LogP contribution >= 0.6 is 22.9 Å². The average molecular weight is 427 g/mol. The van der Waals surface area contributed by atoms with Crippen molar-refractivity contribution in [1.29, 1.82) is 0 Å². The summed E-state index contributed by atoms with van der Waals surface area (Å²) in [4.78, 5) is 13.7. The quantitative estimate of drug-likeness (QED) is 0.710. The van der Waals surface area contributed by atoms with Gasteiger partial charge in [0.05, 0.1) is 11.4 Å². The smallest absolute Gasteiger partial charge is 0.241 e. The summed E-state index contributed by atoms with van der Waals surface area (Å²) in [5.41, 5.74) is 0.557. The third kappa shape index (κ3) is 4.71. The Morgan fingerprint density at radius 3 is 2.67 bits per heavy atom. The van der Waals surface area contributed by atoms with Crippen LogP contribution in [-0.2, 0) is 20.2 Å². The summed E-state index contributed by atoms with van der Waals surface area (Å²) in [7, 11) is -3.80. The standard InChI is InChI=1S/C19H23ClN2O3S2/c1-14-6-7-15(20)11-16(14)27(24,25)22-12-18(23)21-13-19(8-2-3-9-19)17-5-4-10-26-17/h4-7,10-11,22H,2-3,8-9,12-13H2,1H3,(H,21,23). The van der Waals surface area contributed by atoms with Crippen LogP contribution in [0, 0.1) is 6.92 Å². The monoisotopic (exact) mass is 426 g/mol. The fraction of sp³-hybridized carbons (Fsp3) is 0.421. The van der Waals surface area contributed by atoms with Crippen molar-refractivity contribution in [2.45, 2.75) is 42.9 Å². The molecule has 5 nitrogen and oxygen atoms in total. The molecule has 146 valence electrons. The Hall–Kier alpha value is -1.41. The lowest BCUT2D eigenvalue weighted by molar-refractivity contribution is -0.120. The van der Waals surface area contributed by atoms with Gasteiger partial charge in [0, 0.05) is 21.9 Å².